The molecule has 0 aromatic heterocycles. The summed E-state index contributed by atoms with van der Waals surface area (Å²) in [4.78, 5) is 2.34. The summed E-state index contributed by atoms with van der Waals surface area (Å²) in [7, 11) is 5.93. The number of rotatable bonds is 7. The van der Waals surface area contributed by atoms with E-state index in [-0.39, 0.29) is 5.41 Å². The van der Waals surface area contributed by atoms with Gasteiger partial charge in [-0.1, -0.05) is 45.0 Å². The Morgan fingerprint density at radius 1 is 1.19 bits per heavy atom. The first-order chi connectivity index (χ1) is 9.79. The number of ether oxygens (including phenoxy) is 1. The SMILES string of the molecule is CNC(CN(C)C(C)COC)c1ccc(C(C)(C)C)cc1. The standard InChI is InChI=1S/C18H32N2O/c1-14(13-21-7)20(6)12-17(19-5)15-8-10-16(11-9-15)18(2,3)4/h8-11,14,17,19H,12-13H2,1-7H3. The van der Waals surface area contributed by atoms with Crippen molar-refractivity contribution in [1.82, 2.24) is 10.2 Å². The van der Waals surface area contributed by atoms with Gasteiger partial charge in [0.2, 0.25) is 0 Å². The number of hydrogen-bond donors (Lipinski definition) is 1. The van der Waals surface area contributed by atoms with Gasteiger partial charge in [0.05, 0.1) is 6.61 Å². The van der Waals surface area contributed by atoms with Crippen molar-refractivity contribution in [3.8, 4) is 0 Å². The molecule has 0 spiro atoms. The van der Waals surface area contributed by atoms with Crippen LogP contribution in [-0.2, 0) is 10.2 Å². The van der Waals surface area contributed by atoms with Crippen molar-refractivity contribution in [3.05, 3.63) is 35.4 Å². The van der Waals surface area contributed by atoms with Crippen LogP contribution in [0.1, 0.15) is 44.9 Å². The van der Waals surface area contributed by atoms with Crippen LogP contribution in [0.25, 0.3) is 0 Å². The summed E-state index contributed by atoms with van der Waals surface area (Å²) in [5, 5.41) is 3.42. The fourth-order valence-corrected chi connectivity index (χ4v) is 2.42. The minimum absolute atomic E-state index is 0.206. The van der Waals surface area contributed by atoms with Gasteiger partial charge in [-0.05, 0) is 37.6 Å². The highest BCUT2D eigenvalue weighted by Gasteiger charge is 2.18. The number of methoxy groups -OCH3 is 1. The third-order valence-electron chi connectivity index (χ3n) is 4.16. The fraction of sp³-hybridized carbons (Fsp3) is 0.667. The summed E-state index contributed by atoms with van der Waals surface area (Å²) in [5.74, 6) is 0. The van der Waals surface area contributed by atoms with E-state index >= 15 is 0 Å². The molecule has 1 aromatic rings. The van der Waals surface area contributed by atoms with Crippen LogP contribution < -0.4 is 5.32 Å². The predicted octanol–water partition coefficient (Wildman–Crippen LogP) is 3.21. The van der Waals surface area contributed by atoms with Crippen LogP contribution in [-0.4, -0.2) is 45.3 Å². The average Bonchev–Trinajstić information content (AvgIpc) is 2.44. The van der Waals surface area contributed by atoms with E-state index in [1.165, 1.54) is 11.1 Å². The molecule has 1 rings (SSSR count). The van der Waals surface area contributed by atoms with Crippen molar-refractivity contribution in [3.63, 3.8) is 0 Å². The quantitative estimate of drug-likeness (QED) is 0.835. The molecule has 3 nitrogen and oxygen atoms in total. The molecule has 0 radical (unpaired) electrons. The lowest BCUT2D eigenvalue weighted by atomic mass is 9.86. The van der Waals surface area contributed by atoms with E-state index in [0.29, 0.717) is 12.1 Å². The molecular formula is C18H32N2O. The zero-order chi connectivity index (χ0) is 16.0. The number of hydrogen-bond acceptors (Lipinski definition) is 3. The molecule has 0 aliphatic carbocycles. The van der Waals surface area contributed by atoms with Crippen LogP contribution in [0.4, 0.5) is 0 Å². The highest BCUT2D eigenvalue weighted by atomic mass is 16.5. The molecule has 3 heteroatoms. The van der Waals surface area contributed by atoms with Crippen LogP contribution in [0.3, 0.4) is 0 Å². The molecular weight excluding hydrogens is 260 g/mol. The second kappa shape index (κ2) is 7.92. The van der Waals surface area contributed by atoms with Crippen LogP contribution >= 0.6 is 0 Å². The Balaban J connectivity index is 2.76. The van der Waals surface area contributed by atoms with Crippen LogP contribution in [0.15, 0.2) is 24.3 Å². The summed E-state index contributed by atoms with van der Waals surface area (Å²) in [6.45, 7) is 10.7. The van der Waals surface area contributed by atoms with Gasteiger partial charge in [-0.2, -0.15) is 0 Å². The van der Waals surface area contributed by atoms with Crippen molar-refractivity contribution in [2.24, 2.45) is 0 Å². The second-order valence-electron chi connectivity index (χ2n) is 6.96. The third-order valence-corrected chi connectivity index (χ3v) is 4.16. The Kier molecular flexibility index (Phi) is 6.85. The highest BCUT2D eigenvalue weighted by molar-refractivity contribution is 5.29. The Morgan fingerprint density at radius 3 is 2.19 bits per heavy atom. The Morgan fingerprint density at radius 2 is 1.76 bits per heavy atom. The van der Waals surface area contributed by atoms with E-state index in [1.807, 2.05) is 7.05 Å². The number of nitrogens with one attached hydrogen (secondary N) is 1. The largest absolute Gasteiger partial charge is 0.383 e. The normalized spacial score (nSPS) is 15.2. The van der Waals surface area contributed by atoms with Gasteiger partial charge in [0, 0.05) is 25.7 Å². The third kappa shape index (κ3) is 5.42. The molecule has 0 heterocycles. The Bertz CT molecular complexity index is 408. The smallest absolute Gasteiger partial charge is 0.0615 e. The molecule has 2 atom stereocenters. The molecule has 120 valence electrons. The minimum atomic E-state index is 0.206. The molecule has 0 bridgehead atoms. The summed E-state index contributed by atoms with van der Waals surface area (Å²) < 4.78 is 5.24. The van der Waals surface area contributed by atoms with E-state index in [4.69, 9.17) is 4.74 Å². The van der Waals surface area contributed by atoms with Gasteiger partial charge in [-0.3, -0.25) is 4.90 Å². The Labute approximate surface area is 130 Å². The molecule has 21 heavy (non-hydrogen) atoms. The fourth-order valence-electron chi connectivity index (χ4n) is 2.42. The van der Waals surface area contributed by atoms with E-state index in [9.17, 15) is 0 Å². The number of benzene rings is 1. The minimum Gasteiger partial charge on any atom is -0.383 e. The summed E-state index contributed by atoms with van der Waals surface area (Å²) in [5.41, 5.74) is 2.92. The molecule has 1 N–H and O–H groups in total. The van der Waals surface area contributed by atoms with Crippen LogP contribution in [0.2, 0.25) is 0 Å². The van der Waals surface area contributed by atoms with Gasteiger partial charge in [-0.25, -0.2) is 0 Å². The van der Waals surface area contributed by atoms with Crippen molar-refractivity contribution >= 4 is 0 Å². The van der Waals surface area contributed by atoms with Gasteiger partial charge in [0.15, 0.2) is 0 Å². The van der Waals surface area contributed by atoms with E-state index in [1.54, 1.807) is 7.11 Å². The van der Waals surface area contributed by atoms with Gasteiger partial charge in [0.1, 0.15) is 0 Å². The molecule has 0 saturated heterocycles. The van der Waals surface area contributed by atoms with Gasteiger partial charge in [0.25, 0.3) is 0 Å². The molecule has 0 aliphatic heterocycles. The predicted molar refractivity (Wildman–Crippen MR) is 90.9 cm³/mol. The first-order valence-corrected chi connectivity index (χ1v) is 7.76. The molecule has 0 fully saturated rings. The Hall–Kier alpha value is -0.900. The molecule has 0 amide bonds. The van der Waals surface area contributed by atoms with Gasteiger partial charge < -0.3 is 10.1 Å². The zero-order valence-electron chi connectivity index (χ0n) is 14.7. The van der Waals surface area contributed by atoms with Crippen molar-refractivity contribution < 1.29 is 4.74 Å². The lowest BCUT2D eigenvalue weighted by molar-refractivity contribution is 0.110. The number of nitrogens with zero attached hydrogens (tertiary/aromatic N) is 1. The maximum atomic E-state index is 5.24. The molecule has 0 saturated carbocycles. The second-order valence-corrected chi connectivity index (χ2v) is 6.96. The molecule has 0 aliphatic rings. The van der Waals surface area contributed by atoms with Crippen molar-refractivity contribution in [2.45, 2.75) is 45.2 Å². The monoisotopic (exact) mass is 292 g/mol. The molecule has 1 aromatic carbocycles. The van der Waals surface area contributed by atoms with E-state index in [2.05, 4.69) is 69.2 Å². The molecule has 2 unspecified atom stereocenters. The van der Waals surface area contributed by atoms with Crippen LogP contribution in [0, 0.1) is 0 Å². The zero-order valence-corrected chi connectivity index (χ0v) is 14.7. The topological polar surface area (TPSA) is 24.5 Å². The van der Waals surface area contributed by atoms with E-state index in [0.717, 1.165) is 13.2 Å². The maximum Gasteiger partial charge on any atom is 0.0615 e. The lowest BCUT2D eigenvalue weighted by Crippen LogP contribution is -2.38. The average molecular weight is 292 g/mol. The lowest BCUT2D eigenvalue weighted by Gasteiger charge is -2.29. The number of likely N-dealkylation sites (N-methyl/N-ethyl adjacent to an activating group) is 2. The van der Waals surface area contributed by atoms with E-state index < -0.39 is 0 Å². The van der Waals surface area contributed by atoms with Gasteiger partial charge >= 0.3 is 0 Å². The highest BCUT2D eigenvalue weighted by Crippen LogP contribution is 2.24. The van der Waals surface area contributed by atoms with Gasteiger partial charge in [-0.15, -0.1) is 0 Å². The summed E-state index contributed by atoms with van der Waals surface area (Å²) >= 11 is 0. The van der Waals surface area contributed by atoms with Crippen molar-refractivity contribution in [1.29, 1.82) is 0 Å². The summed E-state index contributed by atoms with van der Waals surface area (Å²) in [6, 6.07) is 9.74. The summed E-state index contributed by atoms with van der Waals surface area (Å²) in [6.07, 6.45) is 0. The first kappa shape index (κ1) is 18.1. The first-order valence-electron chi connectivity index (χ1n) is 7.76. The van der Waals surface area contributed by atoms with Crippen LogP contribution in [0.5, 0.6) is 0 Å². The van der Waals surface area contributed by atoms with Crippen molar-refractivity contribution in [2.75, 3.05) is 34.4 Å². The maximum absolute atomic E-state index is 5.24.